The van der Waals surface area contributed by atoms with Crippen LogP contribution in [0.15, 0.2) is 0 Å². The molecule has 10 heteroatoms. The van der Waals surface area contributed by atoms with Gasteiger partial charge in [0.25, 0.3) is 10.2 Å². The molecule has 0 amide bonds. The van der Waals surface area contributed by atoms with Gasteiger partial charge in [-0.15, -0.1) is 12.4 Å². The highest BCUT2D eigenvalue weighted by molar-refractivity contribution is 7.86. The van der Waals surface area contributed by atoms with Crippen LogP contribution in [0, 0.1) is 0 Å². The van der Waals surface area contributed by atoms with Crippen LogP contribution in [0.3, 0.4) is 0 Å². The van der Waals surface area contributed by atoms with E-state index in [9.17, 15) is 8.42 Å². The first-order chi connectivity index (χ1) is 11.1. The van der Waals surface area contributed by atoms with Gasteiger partial charge in [0.15, 0.2) is 0 Å². The molecule has 1 atom stereocenters. The van der Waals surface area contributed by atoms with Gasteiger partial charge >= 0.3 is 0 Å². The van der Waals surface area contributed by atoms with Gasteiger partial charge in [0, 0.05) is 72.6 Å². The number of piperazine rings is 1. The molecular weight excluding hydrogens is 356 g/mol. The van der Waals surface area contributed by atoms with Crippen LogP contribution < -0.4 is 5.32 Å². The van der Waals surface area contributed by atoms with Crippen molar-refractivity contribution in [1.29, 1.82) is 0 Å². The fraction of sp³-hybridized carbons (Fsp3) is 1.00. The van der Waals surface area contributed by atoms with E-state index in [0.717, 1.165) is 32.6 Å². The van der Waals surface area contributed by atoms with Gasteiger partial charge in [0.1, 0.15) is 0 Å². The number of nitrogens with one attached hydrogen (secondary N) is 1. The zero-order valence-electron chi connectivity index (χ0n) is 14.6. The van der Waals surface area contributed by atoms with E-state index in [1.807, 2.05) is 0 Å². The van der Waals surface area contributed by atoms with E-state index in [1.165, 1.54) is 4.31 Å². The summed E-state index contributed by atoms with van der Waals surface area (Å²) in [6, 6.07) is 0.332. The molecule has 24 heavy (non-hydrogen) atoms. The number of rotatable bonds is 9. The van der Waals surface area contributed by atoms with Crippen LogP contribution in [0.5, 0.6) is 0 Å². The quantitative estimate of drug-likeness (QED) is 0.561. The molecule has 0 aromatic carbocycles. The smallest absolute Gasteiger partial charge is 0.282 e. The van der Waals surface area contributed by atoms with E-state index in [-0.39, 0.29) is 12.4 Å². The van der Waals surface area contributed by atoms with Gasteiger partial charge in [-0.05, 0) is 6.42 Å². The molecule has 1 unspecified atom stereocenters. The maximum Gasteiger partial charge on any atom is 0.282 e. The largest absolute Gasteiger partial charge is 0.383 e. The van der Waals surface area contributed by atoms with Gasteiger partial charge in [0.2, 0.25) is 0 Å². The molecule has 2 fully saturated rings. The maximum atomic E-state index is 12.9. The van der Waals surface area contributed by atoms with Gasteiger partial charge in [0.05, 0.1) is 13.2 Å². The van der Waals surface area contributed by atoms with Crippen LogP contribution >= 0.6 is 12.4 Å². The molecule has 2 aliphatic rings. The van der Waals surface area contributed by atoms with Crippen molar-refractivity contribution in [1.82, 2.24) is 18.8 Å². The summed E-state index contributed by atoms with van der Waals surface area (Å²) >= 11 is 0. The number of hydrogen-bond acceptors (Lipinski definition) is 6. The molecule has 1 N–H and O–H groups in total. The van der Waals surface area contributed by atoms with Crippen molar-refractivity contribution < 1.29 is 17.9 Å². The lowest BCUT2D eigenvalue weighted by Gasteiger charge is -2.33. The molecule has 2 rings (SSSR count). The molecule has 0 radical (unpaired) electrons. The van der Waals surface area contributed by atoms with Crippen molar-refractivity contribution in [2.24, 2.45) is 0 Å². The second-order valence-electron chi connectivity index (χ2n) is 5.98. The normalized spacial score (nSPS) is 23.5. The zero-order valence-corrected chi connectivity index (χ0v) is 16.3. The first-order valence-corrected chi connectivity index (χ1v) is 9.67. The first-order valence-electron chi connectivity index (χ1n) is 8.27. The first kappa shape index (κ1) is 22.0. The highest BCUT2D eigenvalue weighted by Gasteiger charge is 2.37. The van der Waals surface area contributed by atoms with Crippen molar-refractivity contribution >= 4 is 22.6 Å². The lowest BCUT2D eigenvalue weighted by atomic mass is 10.2. The monoisotopic (exact) mass is 386 g/mol. The molecule has 0 saturated carbocycles. The Labute approximate surface area is 152 Å². The van der Waals surface area contributed by atoms with Crippen LogP contribution in [0.25, 0.3) is 0 Å². The van der Waals surface area contributed by atoms with Gasteiger partial charge in [-0.25, -0.2) is 0 Å². The third-order valence-corrected chi connectivity index (χ3v) is 6.54. The number of hydrogen-bond donors (Lipinski definition) is 1. The number of nitrogens with zero attached hydrogens (tertiary/aromatic N) is 3. The summed E-state index contributed by atoms with van der Waals surface area (Å²) in [6.45, 7) is 6.62. The third-order valence-electron chi connectivity index (χ3n) is 4.54. The zero-order chi connectivity index (χ0) is 16.7. The lowest BCUT2D eigenvalue weighted by molar-refractivity contribution is 0.146. The number of halogens is 1. The SMILES string of the molecule is COCCN(CCOC)S(=O)(=O)N1CCC(N2CCNCC2)C1.Cl. The summed E-state index contributed by atoms with van der Waals surface area (Å²) in [7, 11) is -0.291. The molecule has 0 bridgehead atoms. The summed E-state index contributed by atoms with van der Waals surface area (Å²) in [4.78, 5) is 2.40. The van der Waals surface area contributed by atoms with E-state index < -0.39 is 10.2 Å². The van der Waals surface area contributed by atoms with Gasteiger partial charge in [-0.3, -0.25) is 4.90 Å². The fourth-order valence-corrected chi connectivity index (χ4v) is 4.79. The van der Waals surface area contributed by atoms with Gasteiger partial charge < -0.3 is 14.8 Å². The second kappa shape index (κ2) is 10.9. The Hall–Kier alpha value is -0.0000000000000000555. The highest BCUT2D eigenvalue weighted by Crippen LogP contribution is 2.21. The molecule has 2 saturated heterocycles. The Kier molecular flexibility index (Phi) is 9.98. The van der Waals surface area contributed by atoms with Crippen LogP contribution in [0.2, 0.25) is 0 Å². The summed E-state index contributed by atoms with van der Waals surface area (Å²) in [5, 5.41) is 3.33. The van der Waals surface area contributed by atoms with Crippen molar-refractivity contribution in [2.75, 3.05) is 79.8 Å². The van der Waals surface area contributed by atoms with E-state index in [1.54, 1.807) is 18.5 Å². The summed E-state index contributed by atoms with van der Waals surface area (Å²) in [5.74, 6) is 0. The summed E-state index contributed by atoms with van der Waals surface area (Å²) in [6.07, 6.45) is 0.904. The van der Waals surface area contributed by atoms with Crippen LogP contribution in [-0.2, 0) is 19.7 Å². The minimum absolute atomic E-state index is 0. The average molecular weight is 387 g/mol. The molecular formula is C14H31ClN4O4S. The van der Waals surface area contributed by atoms with Crippen molar-refractivity contribution in [3.63, 3.8) is 0 Å². The highest BCUT2D eigenvalue weighted by atomic mass is 35.5. The molecule has 0 spiro atoms. The number of methoxy groups -OCH3 is 2. The standard InChI is InChI=1S/C14H30N4O4S.ClH/c1-21-11-9-17(10-12-22-2)23(19,20)18-6-3-14(13-18)16-7-4-15-5-8-16;/h14-15H,3-13H2,1-2H3;1H. The second-order valence-corrected chi connectivity index (χ2v) is 7.91. The molecule has 0 aromatic rings. The van der Waals surface area contributed by atoms with E-state index in [4.69, 9.17) is 9.47 Å². The Morgan fingerprint density at radius 2 is 1.67 bits per heavy atom. The predicted molar refractivity (Wildman–Crippen MR) is 95.9 cm³/mol. The minimum atomic E-state index is -3.45. The maximum absolute atomic E-state index is 12.9. The Bertz CT molecular complexity index is 440. The summed E-state index contributed by atoms with van der Waals surface area (Å²) < 4.78 is 38.9. The molecule has 2 heterocycles. The van der Waals surface area contributed by atoms with Crippen molar-refractivity contribution in [3.05, 3.63) is 0 Å². The van der Waals surface area contributed by atoms with E-state index in [0.29, 0.717) is 45.4 Å². The molecule has 2 aliphatic heterocycles. The number of ether oxygens (including phenoxy) is 2. The van der Waals surface area contributed by atoms with Crippen LogP contribution in [0.1, 0.15) is 6.42 Å². The topological polar surface area (TPSA) is 74.4 Å². The van der Waals surface area contributed by atoms with Crippen LogP contribution in [-0.4, -0.2) is 108 Å². The molecule has 8 nitrogen and oxygen atoms in total. The third kappa shape index (κ3) is 5.77. The lowest BCUT2D eigenvalue weighted by Crippen LogP contribution is -2.50. The molecule has 0 aliphatic carbocycles. The van der Waals surface area contributed by atoms with Crippen molar-refractivity contribution in [3.8, 4) is 0 Å². The average Bonchev–Trinajstić information content (AvgIpc) is 3.06. The van der Waals surface area contributed by atoms with Crippen molar-refractivity contribution in [2.45, 2.75) is 12.5 Å². The Morgan fingerprint density at radius 1 is 1.08 bits per heavy atom. The Morgan fingerprint density at radius 3 is 2.21 bits per heavy atom. The Balaban J connectivity index is 0.00000288. The molecule has 0 aromatic heterocycles. The van der Waals surface area contributed by atoms with Gasteiger partial charge in [-0.2, -0.15) is 17.0 Å². The van der Waals surface area contributed by atoms with Gasteiger partial charge in [-0.1, -0.05) is 0 Å². The van der Waals surface area contributed by atoms with Crippen LogP contribution in [0.4, 0.5) is 0 Å². The van der Waals surface area contributed by atoms with E-state index >= 15 is 0 Å². The predicted octanol–water partition coefficient (Wildman–Crippen LogP) is -0.773. The minimum Gasteiger partial charge on any atom is -0.383 e. The summed E-state index contributed by atoms with van der Waals surface area (Å²) in [5.41, 5.74) is 0. The van der Waals surface area contributed by atoms with E-state index in [2.05, 4.69) is 10.2 Å². The molecule has 144 valence electrons. The fourth-order valence-electron chi connectivity index (χ4n) is 3.16.